The number of nitrogens with one attached hydrogen (secondary N) is 4. The van der Waals surface area contributed by atoms with Gasteiger partial charge in [-0.2, -0.15) is 0 Å². The van der Waals surface area contributed by atoms with E-state index in [1.165, 1.54) is 79.1 Å². The fourth-order valence-electron chi connectivity index (χ4n) is 5.89. The molecule has 4 amide bonds. The van der Waals surface area contributed by atoms with E-state index in [0.29, 0.717) is 0 Å². The number of hydrogen-bond donors (Lipinski definition) is 6. The van der Waals surface area contributed by atoms with Gasteiger partial charge >= 0.3 is 11.9 Å². The lowest BCUT2D eigenvalue weighted by atomic mass is 10.3. The first kappa shape index (κ1) is 43.4. The Morgan fingerprint density at radius 1 is 0.552 bits per heavy atom. The van der Waals surface area contributed by atoms with Gasteiger partial charge in [-0.3, -0.25) is 58.8 Å². The van der Waals surface area contributed by atoms with E-state index in [-0.39, 0.29) is 84.8 Å². The summed E-state index contributed by atoms with van der Waals surface area (Å²) in [7, 11) is 6.09. The molecule has 24 heteroatoms. The number of amides is 4. The van der Waals surface area contributed by atoms with E-state index in [9.17, 15) is 59.2 Å². The second kappa shape index (κ2) is 19.0. The maximum Gasteiger partial charge on any atom is 0.317 e. The van der Waals surface area contributed by atoms with Crippen molar-refractivity contribution in [1.82, 2.24) is 38.7 Å². The molecule has 4 heterocycles. The summed E-state index contributed by atoms with van der Waals surface area (Å²) in [6, 6.07) is 5.05. The van der Waals surface area contributed by atoms with Gasteiger partial charge in [0.05, 0.1) is 46.7 Å². The van der Waals surface area contributed by atoms with Crippen LogP contribution in [0.3, 0.4) is 0 Å². The van der Waals surface area contributed by atoms with Crippen molar-refractivity contribution >= 4 is 58.3 Å². The zero-order valence-electron chi connectivity index (χ0n) is 31.8. The molecular formula is C34H42N12O12. The first-order chi connectivity index (χ1) is 27.3. The van der Waals surface area contributed by atoms with Crippen LogP contribution in [0.1, 0.15) is 42.0 Å². The first-order valence-corrected chi connectivity index (χ1v) is 17.3. The Morgan fingerprint density at radius 3 is 1.19 bits per heavy atom. The molecule has 58 heavy (non-hydrogen) atoms. The fraction of sp³-hybridized carbons (Fsp3) is 0.353. The van der Waals surface area contributed by atoms with E-state index in [0.717, 1.165) is 12.1 Å². The van der Waals surface area contributed by atoms with Crippen LogP contribution in [0, 0.1) is 20.2 Å². The van der Waals surface area contributed by atoms with Gasteiger partial charge in [0, 0.05) is 92.0 Å². The number of nitro groups is 2. The number of carbonyl (C=O) groups is 6. The van der Waals surface area contributed by atoms with Gasteiger partial charge < -0.3 is 49.7 Å². The molecular weight excluding hydrogens is 768 g/mol. The average molecular weight is 811 g/mol. The van der Waals surface area contributed by atoms with E-state index in [4.69, 9.17) is 0 Å². The number of nitrogens with zero attached hydrogens (tertiary/aromatic N) is 8. The molecule has 0 atom stereocenters. The summed E-state index contributed by atoms with van der Waals surface area (Å²) in [6.45, 7) is -0.502. The average Bonchev–Trinajstić information content (AvgIpc) is 3.91. The largest absolute Gasteiger partial charge is 0.480 e. The molecule has 0 aliphatic carbocycles. The second-order valence-electron chi connectivity index (χ2n) is 13.1. The molecule has 0 fully saturated rings. The maximum absolute atomic E-state index is 13.0. The molecule has 4 rings (SSSR count). The number of anilines is 2. The van der Waals surface area contributed by atoms with E-state index >= 15 is 0 Å². The van der Waals surface area contributed by atoms with Gasteiger partial charge in [0.25, 0.3) is 35.0 Å². The molecule has 0 spiro atoms. The number of hydrogen-bond acceptors (Lipinski definition) is 12. The molecule has 6 N–H and O–H groups in total. The lowest BCUT2D eigenvalue weighted by Gasteiger charge is -2.26. The molecule has 0 saturated heterocycles. The molecule has 4 aromatic heterocycles. The summed E-state index contributed by atoms with van der Waals surface area (Å²) in [4.78, 5) is 98.5. The van der Waals surface area contributed by atoms with E-state index in [1.807, 2.05) is 0 Å². The standard InChI is InChI=1S/C34H42N12O12/c1-39-15-21(37-33(53)27-13-23(45(55)56)17-41(27)3)11-25(39)31(51)35-5-7-43(19-29(47)48)9-10-44(20-30(49)50)8-6-36-32(52)26-12-22(16-40(26)2)38-34(54)28-14-24(46(57)58)18-42(28)4/h11-18H,5-10,19-20H2,1-4H3,(H,35,51)(H,36,52)(H,37,53)(H,38,54)(H,47,48)(H,49,50). The SMILES string of the molecule is Cn1cc(NC(=O)c2cc([N+](=O)[O-])cn2C)cc1C(=O)NCCN(CCN(CCNC(=O)c1cc(NC(=O)c2cc([N+](=O)[O-])cn2C)cn1C)CC(=O)O)CC(=O)O. The highest BCUT2D eigenvalue weighted by Crippen LogP contribution is 2.20. The van der Waals surface area contributed by atoms with E-state index in [1.54, 1.807) is 14.1 Å². The Morgan fingerprint density at radius 2 is 0.879 bits per heavy atom. The topological polar surface area (TPSA) is 303 Å². The minimum atomic E-state index is -1.15. The quantitative estimate of drug-likeness (QED) is 0.0487. The third-order valence-corrected chi connectivity index (χ3v) is 8.74. The third-order valence-electron chi connectivity index (χ3n) is 8.74. The maximum atomic E-state index is 13.0. The Bertz CT molecular complexity index is 2080. The fourth-order valence-corrected chi connectivity index (χ4v) is 5.89. The minimum absolute atomic E-state index is 0.00517. The van der Waals surface area contributed by atoms with Gasteiger partial charge in [-0.25, -0.2) is 0 Å². The lowest BCUT2D eigenvalue weighted by molar-refractivity contribution is -0.385. The monoisotopic (exact) mass is 810 g/mol. The molecule has 0 saturated carbocycles. The zero-order valence-corrected chi connectivity index (χ0v) is 31.8. The normalized spacial score (nSPS) is 11.1. The van der Waals surface area contributed by atoms with Gasteiger partial charge in [-0.1, -0.05) is 0 Å². The van der Waals surface area contributed by atoms with Gasteiger partial charge in [0.15, 0.2) is 0 Å². The summed E-state index contributed by atoms with van der Waals surface area (Å²) >= 11 is 0. The molecule has 24 nitrogen and oxygen atoms in total. The summed E-state index contributed by atoms with van der Waals surface area (Å²) in [5.41, 5.74) is 0.353. The predicted octanol–water partition coefficient (Wildman–Crippen LogP) is 0.295. The zero-order chi connectivity index (χ0) is 42.8. The number of carbonyl (C=O) groups excluding carboxylic acids is 4. The van der Waals surface area contributed by atoms with Crippen LogP contribution in [0.5, 0.6) is 0 Å². The van der Waals surface area contributed by atoms with E-state index < -0.39 is 58.5 Å². The molecule has 4 aromatic rings. The molecule has 0 aliphatic rings. The van der Waals surface area contributed by atoms with Crippen LogP contribution in [-0.4, -0.2) is 136 Å². The number of carboxylic acids is 2. The lowest BCUT2D eigenvalue weighted by Crippen LogP contribution is -2.44. The highest BCUT2D eigenvalue weighted by molar-refractivity contribution is 6.05. The molecule has 0 aromatic carbocycles. The van der Waals surface area contributed by atoms with Crippen LogP contribution < -0.4 is 21.3 Å². The third kappa shape index (κ3) is 11.6. The van der Waals surface area contributed by atoms with Crippen molar-refractivity contribution < 1.29 is 48.8 Å². The van der Waals surface area contributed by atoms with Crippen LogP contribution in [0.2, 0.25) is 0 Å². The van der Waals surface area contributed by atoms with Crippen molar-refractivity contribution in [3.63, 3.8) is 0 Å². The van der Waals surface area contributed by atoms with E-state index in [2.05, 4.69) is 21.3 Å². The summed E-state index contributed by atoms with van der Waals surface area (Å²) in [6.07, 6.45) is 5.34. The van der Waals surface area contributed by atoms with Crippen molar-refractivity contribution in [2.75, 3.05) is 63.0 Å². The number of carboxylic acid groups (broad SMARTS) is 2. The number of aromatic nitrogens is 4. The summed E-state index contributed by atoms with van der Waals surface area (Å²) < 4.78 is 5.50. The van der Waals surface area contributed by atoms with Crippen molar-refractivity contribution in [1.29, 1.82) is 0 Å². The number of aryl methyl sites for hydroxylation is 4. The Hall–Kier alpha value is -7.34. The predicted molar refractivity (Wildman–Crippen MR) is 204 cm³/mol. The smallest absolute Gasteiger partial charge is 0.317 e. The van der Waals surface area contributed by atoms with Crippen LogP contribution in [-0.2, 0) is 37.8 Å². The number of rotatable bonds is 21. The Balaban J connectivity index is 1.27. The molecule has 310 valence electrons. The Kier molecular flexibility index (Phi) is 14.2. The van der Waals surface area contributed by atoms with Gasteiger partial charge in [-0.15, -0.1) is 0 Å². The van der Waals surface area contributed by atoms with Crippen LogP contribution in [0.4, 0.5) is 22.7 Å². The minimum Gasteiger partial charge on any atom is -0.480 e. The summed E-state index contributed by atoms with van der Waals surface area (Å²) in [5, 5.41) is 51.7. The van der Waals surface area contributed by atoms with Crippen LogP contribution in [0.25, 0.3) is 0 Å². The molecule has 0 radical (unpaired) electrons. The van der Waals surface area contributed by atoms with Crippen LogP contribution >= 0.6 is 0 Å². The Labute approximate surface area is 328 Å². The molecule has 0 aliphatic heterocycles. The first-order valence-electron chi connectivity index (χ1n) is 17.3. The molecule has 0 bridgehead atoms. The van der Waals surface area contributed by atoms with Crippen molar-refractivity contribution in [3.05, 3.63) is 92.1 Å². The van der Waals surface area contributed by atoms with Crippen molar-refractivity contribution in [3.8, 4) is 0 Å². The van der Waals surface area contributed by atoms with Gasteiger partial charge in [-0.05, 0) is 12.1 Å². The highest BCUT2D eigenvalue weighted by atomic mass is 16.6. The highest BCUT2D eigenvalue weighted by Gasteiger charge is 2.22. The van der Waals surface area contributed by atoms with Crippen LogP contribution in [0.15, 0.2) is 49.1 Å². The van der Waals surface area contributed by atoms with Gasteiger partial charge in [0.2, 0.25) is 0 Å². The molecule has 0 unspecified atom stereocenters. The van der Waals surface area contributed by atoms with Crippen molar-refractivity contribution in [2.24, 2.45) is 28.2 Å². The second-order valence-corrected chi connectivity index (χ2v) is 13.1. The van der Waals surface area contributed by atoms with Gasteiger partial charge in [0.1, 0.15) is 22.8 Å². The number of aliphatic carboxylic acids is 2. The summed E-state index contributed by atoms with van der Waals surface area (Å²) in [5.74, 6) is -4.65. The van der Waals surface area contributed by atoms with Crippen molar-refractivity contribution in [2.45, 2.75) is 0 Å².